The Balaban J connectivity index is 2.41. The Morgan fingerprint density at radius 3 is 2.71 bits per heavy atom. The predicted octanol–water partition coefficient (Wildman–Crippen LogP) is 3.30. The lowest BCUT2D eigenvalue weighted by Gasteiger charge is -2.44. The summed E-state index contributed by atoms with van der Waals surface area (Å²) in [5.41, 5.74) is -0.643. The molecule has 1 heterocycles. The van der Waals surface area contributed by atoms with Gasteiger partial charge in [-0.05, 0) is 46.3 Å². The van der Waals surface area contributed by atoms with Crippen molar-refractivity contribution >= 4 is 27.8 Å². The molecule has 1 saturated heterocycles. The zero-order chi connectivity index (χ0) is 15.8. The molecule has 1 aromatic carbocycles. The number of aliphatic carboxylic acids is 1. The molecule has 4 nitrogen and oxygen atoms in total. The Bertz CT molecular complexity index is 588. The number of nitrogens with zero attached hydrogens (tertiary/aromatic N) is 1. The van der Waals surface area contributed by atoms with Crippen LogP contribution in [0.2, 0.25) is 0 Å². The number of halogens is 2. The molecule has 1 amide bonds. The summed E-state index contributed by atoms with van der Waals surface area (Å²) in [5.74, 6) is -2.28. The van der Waals surface area contributed by atoms with E-state index in [9.17, 15) is 19.1 Å². The molecule has 1 atom stereocenters. The Kier molecular flexibility index (Phi) is 4.37. The Morgan fingerprint density at radius 1 is 1.43 bits per heavy atom. The normalized spacial score (nSPS) is 21.1. The molecule has 0 bridgehead atoms. The third-order valence-corrected chi connectivity index (χ3v) is 4.56. The van der Waals surface area contributed by atoms with Gasteiger partial charge in [0.05, 0.1) is 10.0 Å². The number of carbonyl (C=O) groups is 2. The second kappa shape index (κ2) is 5.75. The maximum absolute atomic E-state index is 14.1. The number of carboxylic acids is 1. The predicted molar refractivity (Wildman–Crippen MR) is 79.6 cm³/mol. The molecule has 0 spiro atoms. The number of hydrogen-bond acceptors (Lipinski definition) is 2. The molecule has 114 valence electrons. The van der Waals surface area contributed by atoms with Gasteiger partial charge < -0.3 is 10.0 Å². The Labute approximate surface area is 131 Å². The molecule has 6 heteroatoms. The van der Waals surface area contributed by atoms with Crippen molar-refractivity contribution in [2.75, 3.05) is 6.54 Å². The van der Waals surface area contributed by atoms with Crippen LogP contribution in [-0.4, -0.2) is 34.5 Å². The van der Waals surface area contributed by atoms with Crippen molar-refractivity contribution in [2.45, 2.75) is 32.7 Å². The fraction of sp³-hybridized carbons (Fsp3) is 0.467. The van der Waals surface area contributed by atoms with E-state index in [1.54, 1.807) is 6.07 Å². The van der Waals surface area contributed by atoms with E-state index in [0.717, 1.165) is 0 Å². The largest absolute Gasteiger partial charge is 0.480 e. The number of carboxylic acid groups (broad SMARTS) is 1. The molecule has 1 N–H and O–H groups in total. The maximum atomic E-state index is 14.1. The minimum absolute atomic E-state index is 0.103. The summed E-state index contributed by atoms with van der Waals surface area (Å²) < 4.78 is 14.3. The van der Waals surface area contributed by atoms with Gasteiger partial charge in [0.2, 0.25) is 0 Å². The standard InChI is InChI=1S/C15H17BrFNO3/c1-15(2)7-4-8-18(12(15)14(20)21)13(19)9-5-3-6-10(16)11(9)17/h3,5-6,12H,4,7-8H2,1-2H3,(H,20,21). The van der Waals surface area contributed by atoms with Crippen LogP contribution >= 0.6 is 15.9 Å². The monoisotopic (exact) mass is 357 g/mol. The van der Waals surface area contributed by atoms with E-state index < -0.39 is 29.2 Å². The van der Waals surface area contributed by atoms with Gasteiger partial charge in [0.1, 0.15) is 11.9 Å². The first-order chi connectivity index (χ1) is 9.75. The highest BCUT2D eigenvalue weighted by Crippen LogP contribution is 2.36. The van der Waals surface area contributed by atoms with Crippen LogP contribution in [0.5, 0.6) is 0 Å². The van der Waals surface area contributed by atoms with Gasteiger partial charge >= 0.3 is 5.97 Å². The third kappa shape index (κ3) is 2.95. The molecule has 1 fully saturated rings. The molecule has 1 unspecified atom stereocenters. The van der Waals surface area contributed by atoms with Crippen molar-refractivity contribution < 1.29 is 19.1 Å². The zero-order valence-corrected chi connectivity index (χ0v) is 13.5. The molecule has 21 heavy (non-hydrogen) atoms. The second-order valence-electron chi connectivity index (χ2n) is 5.93. The first-order valence-electron chi connectivity index (χ1n) is 6.73. The molecular formula is C15H17BrFNO3. The average molecular weight is 358 g/mol. The van der Waals surface area contributed by atoms with E-state index >= 15 is 0 Å². The summed E-state index contributed by atoms with van der Waals surface area (Å²) in [4.78, 5) is 25.4. The summed E-state index contributed by atoms with van der Waals surface area (Å²) >= 11 is 3.04. The van der Waals surface area contributed by atoms with Gasteiger partial charge in [-0.3, -0.25) is 4.79 Å². The van der Waals surface area contributed by atoms with E-state index in [0.29, 0.717) is 19.4 Å². The van der Waals surface area contributed by atoms with Gasteiger partial charge in [-0.1, -0.05) is 19.9 Å². The smallest absolute Gasteiger partial charge is 0.326 e. The van der Waals surface area contributed by atoms with Crippen molar-refractivity contribution in [3.05, 3.63) is 34.1 Å². The number of carbonyl (C=O) groups excluding carboxylic acids is 1. The maximum Gasteiger partial charge on any atom is 0.326 e. The van der Waals surface area contributed by atoms with E-state index in [1.807, 2.05) is 13.8 Å². The van der Waals surface area contributed by atoms with Crippen LogP contribution in [0, 0.1) is 11.2 Å². The summed E-state index contributed by atoms with van der Waals surface area (Å²) in [6.45, 7) is 3.97. The summed E-state index contributed by atoms with van der Waals surface area (Å²) in [7, 11) is 0. The fourth-order valence-corrected chi connectivity index (χ4v) is 3.27. The van der Waals surface area contributed by atoms with E-state index in [1.165, 1.54) is 17.0 Å². The van der Waals surface area contributed by atoms with Crippen molar-refractivity contribution in [2.24, 2.45) is 5.41 Å². The minimum atomic E-state index is -1.05. The van der Waals surface area contributed by atoms with Gasteiger partial charge in [0.15, 0.2) is 0 Å². The molecule has 2 rings (SSSR count). The molecule has 1 aliphatic heterocycles. The molecule has 0 aromatic heterocycles. The lowest BCUT2D eigenvalue weighted by atomic mass is 9.76. The van der Waals surface area contributed by atoms with Crippen LogP contribution in [0.4, 0.5) is 4.39 Å². The number of hydrogen-bond donors (Lipinski definition) is 1. The van der Waals surface area contributed by atoms with Crippen LogP contribution in [0.25, 0.3) is 0 Å². The number of benzene rings is 1. The van der Waals surface area contributed by atoms with Crippen molar-refractivity contribution in [3.8, 4) is 0 Å². The van der Waals surface area contributed by atoms with E-state index in [2.05, 4.69) is 15.9 Å². The SMILES string of the molecule is CC1(C)CCCN(C(=O)c2cccc(Br)c2F)C1C(=O)O. The third-order valence-electron chi connectivity index (χ3n) is 3.95. The highest BCUT2D eigenvalue weighted by molar-refractivity contribution is 9.10. The number of piperidine rings is 1. The van der Waals surface area contributed by atoms with Crippen LogP contribution in [0.15, 0.2) is 22.7 Å². The molecular weight excluding hydrogens is 341 g/mol. The van der Waals surface area contributed by atoms with Crippen LogP contribution in [0.1, 0.15) is 37.0 Å². The first kappa shape index (κ1) is 15.9. The van der Waals surface area contributed by atoms with Gasteiger partial charge in [-0.2, -0.15) is 0 Å². The summed E-state index contributed by atoms with van der Waals surface area (Å²) in [6, 6.07) is 3.49. The lowest BCUT2D eigenvalue weighted by molar-refractivity contribution is -0.148. The Hall–Kier alpha value is -1.43. The minimum Gasteiger partial charge on any atom is -0.480 e. The van der Waals surface area contributed by atoms with Crippen molar-refractivity contribution in [1.29, 1.82) is 0 Å². The Morgan fingerprint density at radius 2 is 2.10 bits per heavy atom. The highest BCUT2D eigenvalue weighted by atomic mass is 79.9. The highest BCUT2D eigenvalue weighted by Gasteiger charge is 2.45. The lowest BCUT2D eigenvalue weighted by Crippen LogP contribution is -2.56. The molecule has 0 saturated carbocycles. The summed E-state index contributed by atoms with van der Waals surface area (Å²) in [5, 5.41) is 9.47. The first-order valence-corrected chi connectivity index (χ1v) is 7.53. The van der Waals surface area contributed by atoms with Gasteiger partial charge in [-0.15, -0.1) is 0 Å². The van der Waals surface area contributed by atoms with Crippen LogP contribution in [-0.2, 0) is 4.79 Å². The quantitative estimate of drug-likeness (QED) is 0.883. The van der Waals surface area contributed by atoms with E-state index in [4.69, 9.17) is 0 Å². The molecule has 1 aliphatic rings. The molecule has 0 aliphatic carbocycles. The van der Waals surface area contributed by atoms with E-state index in [-0.39, 0.29) is 10.0 Å². The topological polar surface area (TPSA) is 57.6 Å². The fourth-order valence-electron chi connectivity index (χ4n) is 2.90. The second-order valence-corrected chi connectivity index (χ2v) is 6.79. The number of rotatable bonds is 2. The van der Waals surface area contributed by atoms with Gasteiger partial charge in [0, 0.05) is 6.54 Å². The zero-order valence-electron chi connectivity index (χ0n) is 11.9. The molecule has 1 aromatic rings. The number of likely N-dealkylation sites (tertiary alicyclic amines) is 1. The van der Waals surface area contributed by atoms with Crippen molar-refractivity contribution in [1.82, 2.24) is 4.90 Å². The van der Waals surface area contributed by atoms with Crippen molar-refractivity contribution in [3.63, 3.8) is 0 Å². The van der Waals surface area contributed by atoms with Crippen LogP contribution in [0.3, 0.4) is 0 Å². The summed E-state index contributed by atoms with van der Waals surface area (Å²) in [6.07, 6.45) is 1.42. The molecule has 0 radical (unpaired) electrons. The van der Waals surface area contributed by atoms with Gasteiger partial charge in [-0.25, -0.2) is 9.18 Å². The van der Waals surface area contributed by atoms with Gasteiger partial charge in [0.25, 0.3) is 5.91 Å². The average Bonchev–Trinajstić information content (AvgIpc) is 2.39. The number of amides is 1. The van der Waals surface area contributed by atoms with Crippen LogP contribution < -0.4 is 0 Å².